The standard InChI is InChI=1S/C21H15FO5S/c22-16-9-7-15(8-10-16)17-3-1-2-4-18(17)19(23)11-5-14-6-12-20(24)21(13-14)28(25,26)27/h1-13,24H,(H,25,26,27). The van der Waals surface area contributed by atoms with Crippen molar-refractivity contribution in [3.05, 3.63) is 89.8 Å². The van der Waals surface area contributed by atoms with Gasteiger partial charge in [0.25, 0.3) is 10.1 Å². The second-order valence-electron chi connectivity index (χ2n) is 5.95. The number of halogens is 1. The van der Waals surface area contributed by atoms with Gasteiger partial charge in [-0.2, -0.15) is 8.42 Å². The summed E-state index contributed by atoms with van der Waals surface area (Å²) in [6, 6.07) is 16.2. The van der Waals surface area contributed by atoms with E-state index in [1.807, 2.05) is 0 Å². The van der Waals surface area contributed by atoms with Gasteiger partial charge >= 0.3 is 0 Å². The Morgan fingerprint density at radius 3 is 2.32 bits per heavy atom. The van der Waals surface area contributed by atoms with Crippen LogP contribution in [0.3, 0.4) is 0 Å². The van der Waals surface area contributed by atoms with Crippen LogP contribution in [0.2, 0.25) is 0 Å². The van der Waals surface area contributed by atoms with E-state index in [1.54, 1.807) is 36.4 Å². The van der Waals surface area contributed by atoms with Crippen LogP contribution in [0.4, 0.5) is 4.39 Å². The van der Waals surface area contributed by atoms with Gasteiger partial charge in [-0.25, -0.2) is 4.39 Å². The summed E-state index contributed by atoms with van der Waals surface area (Å²) in [5.74, 6) is -1.32. The minimum absolute atomic E-state index is 0.304. The predicted octanol–water partition coefficient (Wildman–Crippen LogP) is 4.34. The number of allylic oxidation sites excluding steroid dienone is 1. The minimum atomic E-state index is -4.59. The number of ketones is 1. The molecule has 142 valence electrons. The monoisotopic (exact) mass is 398 g/mol. The molecule has 0 spiro atoms. The zero-order valence-corrected chi connectivity index (χ0v) is 15.2. The number of phenolic OH excluding ortho intramolecular Hbond substituents is 1. The number of carbonyl (C=O) groups is 1. The Kier molecular flexibility index (Phi) is 5.39. The number of phenols is 1. The van der Waals surface area contributed by atoms with E-state index >= 15 is 0 Å². The molecule has 2 N–H and O–H groups in total. The molecule has 0 aliphatic carbocycles. The van der Waals surface area contributed by atoms with Crippen molar-refractivity contribution in [2.24, 2.45) is 0 Å². The zero-order valence-electron chi connectivity index (χ0n) is 14.4. The van der Waals surface area contributed by atoms with E-state index in [1.165, 1.54) is 30.4 Å². The summed E-state index contributed by atoms with van der Waals surface area (Å²) in [6.45, 7) is 0. The third-order valence-electron chi connectivity index (χ3n) is 4.04. The Morgan fingerprint density at radius 2 is 1.64 bits per heavy atom. The first-order chi connectivity index (χ1) is 13.3. The van der Waals surface area contributed by atoms with Crippen LogP contribution in [-0.2, 0) is 10.1 Å². The molecule has 0 saturated heterocycles. The van der Waals surface area contributed by atoms with Crippen LogP contribution in [-0.4, -0.2) is 23.9 Å². The summed E-state index contributed by atoms with van der Waals surface area (Å²) >= 11 is 0. The van der Waals surface area contributed by atoms with Crippen molar-refractivity contribution in [3.63, 3.8) is 0 Å². The summed E-state index contributed by atoms with van der Waals surface area (Å²) in [7, 11) is -4.59. The largest absolute Gasteiger partial charge is 0.506 e. The Bertz CT molecular complexity index is 1170. The molecule has 0 fully saturated rings. The Hall–Kier alpha value is -3.29. The Balaban J connectivity index is 1.93. The highest BCUT2D eigenvalue weighted by Gasteiger charge is 2.15. The van der Waals surface area contributed by atoms with E-state index in [-0.39, 0.29) is 11.6 Å². The molecule has 3 aromatic carbocycles. The maximum atomic E-state index is 13.2. The van der Waals surface area contributed by atoms with E-state index in [0.29, 0.717) is 22.3 Å². The van der Waals surface area contributed by atoms with E-state index in [4.69, 9.17) is 4.55 Å². The lowest BCUT2D eigenvalue weighted by molar-refractivity contribution is 0.104. The first-order valence-corrected chi connectivity index (χ1v) is 9.57. The number of hydrogen-bond donors (Lipinski definition) is 2. The Morgan fingerprint density at radius 1 is 0.964 bits per heavy atom. The number of aromatic hydroxyl groups is 1. The van der Waals surface area contributed by atoms with Gasteiger partial charge < -0.3 is 5.11 Å². The molecule has 3 rings (SSSR count). The highest BCUT2D eigenvalue weighted by molar-refractivity contribution is 7.86. The SMILES string of the molecule is O=C(C=Cc1ccc(O)c(S(=O)(=O)O)c1)c1ccccc1-c1ccc(F)cc1. The third-order valence-corrected chi connectivity index (χ3v) is 4.92. The van der Waals surface area contributed by atoms with Crippen LogP contribution in [0.15, 0.2) is 77.7 Å². The molecule has 0 aliphatic rings. The predicted molar refractivity (Wildman–Crippen MR) is 103 cm³/mol. The topological polar surface area (TPSA) is 91.7 Å². The van der Waals surface area contributed by atoms with Crippen LogP contribution in [0.25, 0.3) is 17.2 Å². The van der Waals surface area contributed by atoms with Crippen molar-refractivity contribution < 1.29 is 27.3 Å². The summed E-state index contributed by atoms with van der Waals surface area (Å²) in [5.41, 5.74) is 2.00. The number of carbonyl (C=O) groups excluding carboxylic acids is 1. The molecular weight excluding hydrogens is 383 g/mol. The summed E-state index contributed by atoms with van der Waals surface area (Å²) < 4.78 is 44.8. The molecule has 0 radical (unpaired) electrons. The molecule has 28 heavy (non-hydrogen) atoms. The summed E-state index contributed by atoms with van der Waals surface area (Å²) in [4.78, 5) is 12.0. The lowest BCUT2D eigenvalue weighted by atomic mass is 9.96. The Labute approximate surface area is 161 Å². The fourth-order valence-corrected chi connectivity index (χ4v) is 3.30. The molecule has 0 saturated carbocycles. The second kappa shape index (κ2) is 7.75. The van der Waals surface area contributed by atoms with Crippen LogP contribution in [0.5, 0.6) is 5.75 Å². The summed E-state index contributed by atoms with van der Waals surface area (Å²) in [5, 5.41) is 9.55. The average molecular weight is 398 g/mol. The van der Waals surface area contributed by atoms with Crippen molar-refractivity contribution in [2.75, 3.05) is 0 Å². The lowest BCUT2D eigenvalue weighted by Crippen LogP contribution is -1.99. The summed E-state index contributed by atoms with van der Waals surface area (Å²) in [6.07, 6.45) is 2.63. The number of rotatable bonds is 5. The molecule has 0 unspecified atom stereocenters. The van der Waals surface area contributed by atoms with E-state index < -0.39 is 20.8 Å². The van der Waals surface area contributed by atoms with Crippen LogP contribution < -0.4 is 0 Å². The van der Waals surface area contributed by atoms with Crippen LogP contribution in [0, 0.1) is 5.82 Å². The molecule has 0 amide bonds. The molecule has 0 heterocycles. The van der Waals surface area contributed by atoms with Crippen molar-refractivity contribution in [2.45, 2.75) is 4.90 Å². The second-order valence-corrected chi connectivity index (χ2v) is 7.34. The van der Waals surface area contributed by atoms with Gasteiger partial charge in [-0.05, 0) is 47.0 Å². The highest BCUT2D eigenvalue weighted by atomic mass is 32.2. The van der Waals surface area contributed by atoms with Gasteiger partial charge in [-0.3, -0.25) is 9.35 Å². The van der Waals surface area contributed by atoms with Crippen LogP contribution >= 0.6 is 0 Å². The van der Waals surface area contributed by atoms with E-state index in [9.17, 15) is 22.7 Å². The molecular formula is C21H15FO5S. The lowest BCUT2D eigenvalue weighted by Gasteiger charge is -2.07. The highest BCUT2D eigenvalue weighted by Crippen LogP contribution is 2.26. The van der Waals surface area contributed by atoms with Gasteiger partial charge in [0, 0.05) is 5.56 Å². The first-order valence-electron chi connectivity index (χ1n) is 8.13. The maximum Gasteiger partial charge on any atom is 0.298 e. The van der Waals surface area contributed by atoms with Gasteiger partial charge in [0.05, 0.1) is 0 Å². The molecule has 7 heteroatoms. The zero-order chi connectivity index (χ0) is 20.3. The smallest absolute Gasteiger partial charge is 0.298 e. The minimum Gasteiger partial charge on any atom is -0.506 e. The molecule has 0 aromatic heterocycles. The number of benzene rings is 3. The average Bonchev–Trinajstić information content (AvgIpc) is 2.67. The maximum absolute atomic E-state index is 13.2. The fraction of sp³-hybridized carbons (Fsp3) is 0. The molecule has 3 aromatic rings. The third kappa shape index (κ3) is 4.33. The molecule has 5 nitrogen and oxygen atoms in total. The van der Waals surface area contributed by atoms with E-state index in [2.05, 4.69) is 0 Å². The van der Waals surface area contributed by atoms with Crippen molar-refractivity contribution >= 4 is 22.0 Å². The van der Waals surface area contributed by atoms with E-state index in [0.717, 1.165) is 12.1 Å². The van der Waals surface area contributed by atoms with Gasteiger partial charge in [-0.15, -0.1) is 0 Å². The van der Waals surface area contributed by atoms with Gasteiger partial charge in [-0.1, -0.05) is 48.5 Å². The van der Waals surface area contributed by atoms with Crippen LogP contribution in [0.1, 0.15) is 15.9 Å². The molecule has 0 aliphatic heterocycles. The van der Waals surface area contributed by atoms with Crippen molar-refractivity contribution in [1.29, 1.82) is 0 Å². The molecule has 0 atom stereocenters. The quantitative estimate of drug-likeness (QED) is 0.379. The normalized spacial score (nSPS) is 11.6. The van der Waals surface area contributed by atoms with Crippen molar-refractivity contribution in [3.8, 4) is 16.9 Å². The fourth-order valence-electron chi connectivity index (χ4n) is 2.68. The number of hydrogen-bond acceptors (Lipinski definition) is 4. The van der Waals surface area contributed by atoms with Crippen molar-refractivity contribution in [1.82, 2.24) is 0 Å². The van der Waals surface area contributed by atoms with Gasteiger partial charge in [0.2, 0.25) is 0 Å². The first kappa shape index (κ1) is 19.5. The van der Waals surface area contributed by atoms with Gasteiger partial charge in [0.1, 0.15) is 16.5 Å². The van der Waals surface area contributed by atoms with Gasteiger partial charge in [0.15, 0.2) is 5.78 Å². The molecule has 0 bridgehead atoms.